The van der Waals surface area contributed by atoms with Crippen molar-refractivity contribution >= 4 is 5.91 Å². The molecule has 24 heavy (non-hydrogen) atoms. The smallest absolute Gasteiger partial charge is 0.220 e. The third-order valence-corrected chi connectivity index (χ3v) is 5.07. The number of benzene rings is 1. The number of aryl methyl sites for hydroxylation is 1. The molecule has 1 aromatic rings. The van der Waals surface area contributed by atoms with E-state index in [2.05, 4.69) is 12.2 Å². The predicted octanol–water partition coefficient (Wildman–Crippen LogP) is 3.57. The summed E-state index contributed by atoms with van der Waals surface area (Å²) in [5, 5.41) is 3.05. The maximum absolute atomic E-state index is 12.2. The lowest BCUT2D eigenvalue weighted by molar-refractivity contribution is -0.123. The van der Waals surface area contributed by atoms with Crippen LogP contribution in [0.5, 0.6) is 5.75 Å². The highest BCUT2D eigenvalue weighted by molar-refractivity contribution is 5.76. The zero-order chi connectivity index (χ0) is 17.3. The van der Waals surface area contributed by atoms with Crippen LogP contribution < -0.4 is 15.8 Å². The molecule has 0 aromatic heterocycles. The first kappa shape index (κ1) is 18.8. The molecule has 1 amide bonds. The molecule has 3 N–H and O–H groups in total. The molecule has 0 saturated heterocycles. The molecular formula is C20H32N2O2. The van der Waals surface area contributed by atoms with Gasteiger partial charge in [-0.2, -0.15) is 0 Å². The van der Waals surface area contributed by atoms with E-state index in [0.717, 1.165) is 38.0 Å². The van der Waals surface area contributed by atoms with E-state index in [9.17, 15) is 4.79 Å². The van der Waals surface area contributed by atoms with Gasteiger partial charge in [0.1, 0.15) is 5.75 Å². The summed E-state index contributed by atoms with van der Waals surface area (Å²) in [4.78, 5) is 12.2. The van der Waals surface area contributed by atoms with Crippen LogP contribution in [0.2, 0.25) is 0 Å². The van der Waals surface area contributed by atoms with Crippen LogP contribution in [0, 0.1) is 12.3 Å². The Kier molecular flexibility index (Phi) is 7.57. The van der Waals surface area contributed by atoms with Gasteiger partial charge in [0.05, 0.1) is 6.61 Å². The number of amides is 1. The highest BCUT2D eigenvalue weighted by atomic mass is 16.5. The topological polar surface area (TPSA) is 64.3 Å². The fourth-order valence-electron chi connectivity index (χ4n) is 3.44. The number of ether oxygens (including phenoxy) is 1. The van der Waals surface area contributed by atoms with Crippen molar-refractivity contribution in [3.05, 3.63) is 29.8 Å². The van der Waals surface area contributed by atoms with E-state index in [-0.39, 0.29) is 11.3 Å². The van der Waals surface area contributed by atoms with Gasteiger partial charge in [-0.1, -0.05) is 37.0 Å². The van der Waals surface area contributed by atoms with E-state index >= 15 is 0 Å². The second-order valence-electron chi connectivity index (χ2n) is 7.16. The maximum Gasteiger partial charge on any atom is 0.220 e. The van der Waals surface area contributed by atoms with Crippen LogP contribution in [0.4, 0.5) is 0 Å². The molecule has 1 fully saturated rings. The Balaban J connectivity index is 1.56. The standard InChI is InChI=1S/C20H32N2O2/c1-17-7-9-18(10-8-17)24-14-6-5-13-22-19(23)15-20(16-21)11-3-2-4-12-20/h7-10H,2-6,11-16,21H2,1H3,(H,22,23). The SMILES string of the molecule is Cc1ccc(OCCCCNC(=O)CC2(CN)CCCCC2)cc1. The number of carbonyl (C=O) groups is 1. The summed E-state index contributed by atoms with van der Waals surface area (Å²) in [6, 6.07) is 8.09. The quantitative estimate of drug-likeness (QED) is 0.680. The van der Waals surface area contributed by atoms with Gasteiger partial charge in [0.25, 0.3) is 0 Å². The minimum Gasteiger partial charge on any atom is -0.494 e. The van der Waals surface area contributed by atoms with E-state index in [1.54, 1.807) is 0 Å². The fraction of sp³-hybridized carbons (Fsp3) is 0.650. The van der Waals surface area contributed by atoms with E-state index in [1.165, 1.54) is 24.8 Å². The molecule has 0 spiro atoms. The summed E-state index contributed by atoms with van der Waals surface area (Å²) in [5.41, 5.74) is 7.24. The van der Waals surface area contributed by atoms with Crippen LogP contribution in [-0.4, -0.2) is 25.6 Å². The number of carbonyl (C=O) groups excluding carboxylic acids is 1. The molecule has 1 saturated carbocycles. The van der Waals surface area contributed by atoms with Gasteiger partial charge in [-0.25, -0.2) is 0 Å². The monoisotopic (exact) mass is 332 g/mol. The zero-order valence-electron chi connectivity index (χ0n) is 15.0. The molecule has 2 rings (SSSR count). The second kappa shape index (κ2) is 9.67. The number of nitrogens with two attached hydrogens (primary N) is 1. The minimum atomic E-state index is 0.0525. The molecule has 0 unspecified atom stereocenters. The zero-order valence-corrected chi connectivity index (χ0v) is 15.0. The number of hydrogen-bond acceptors (Lipinski definition) is 3. The summed E-state index contributed by atoms with van der Waals surface area (Å²) in [6.07, 6.45) is 8.36. The van der Waals surface area contributed by atoms with Crippen molar-refractivity contribution in [2.75, 3.05) is 19.7 Å². The molecule has 0 aliphatic heterocycles. The first-order valence-electron chi connectivity index (χ1n) is 9.30. The fourth-order valence-corrected chi connectivity index (χ4v) is 3.44. The average molecular weight is 332 g/mol. The molecule has 4 nitrogen and oxygen atoms in total. The van der Waals surface area contributed by atoms with Crippen LogP contribution in [0.25, 0.3) is 0 Å². The maximum atomic E-state index is 12.2. The Labute approximate surface area is 146 Å². The van der Waals surface area contributed by atoms with Crippen molar-refractivity contribution in [3.8, 4) is 5.75 Å². The van der Waals surface area contributed by atoms with Crippen molar-refractivity contribution in [1.29, 1.82) is 0 Å². The van der Waals surface area contributed by atoms with Gasteiger partial charge >= 0.3 is 0 Å². The molecule has 1 aliphatic carbocycles. The summed E-state index contributed by atoms with van der Waals surface area (Å²) >= 11 is 0. The average Bonchev–Trinajstić information content (AvgIpc) is 2.60. The minimum absolute atomic E-state index is 0.0525. The van der Waals surface area contributed by atoms with Crippen molar-refractivity contribution in [2.45, 2.75) is 58.3 Å². The van der Waals surface area contributed by atoms with Crippen LogP contribution in [-0.2, 0) is 4.79 Å². The van der Waals surface area contributed by atoms with Gasteiger partial charge in [0.2, 0.25) is 5.91 Å². The molecule has 0 heterocycles. The lowest BCUT2D eigenvalue weighted by atomic mass is 9.71. The molecule has 0 radical (unpaired) electrons. The van der Waals surface area contributed by atoms with Crippen molar-refractivity contribution in [3.63, 3.8) is 0 Å². The van der Waals surface area contributed by atoms with Crippen molar-refractivity contribution in [1.82, 2.24) is 5.32 Å². The third-order valence-electron chi connectivity index (χ3n) is 5.07. The van der Waals surface area contributed by atoms with Crippen molar-refractivity contribution in [2.24, 2.45) is 11.1 Å². The van der Waals surface area contributed by atoms with Gasteiger partial charge in [-0.05, 0) is 56.7 Å². The molecule has 0 atom stereocenters. The number of nitrogens with one attached hydrogen (secondary N) is 1. The van der Waals surface area contributed by atoms with Crippen molar-refractivity contribution < 1.29 is 9.53 Å². The number of hydrogen-bond donors (Lipinski definition) is 2. The van der Waals surface area contributed by atoms with Crippen LogP contribution in [0.1, 0.15) is 56.9 Å². The van der Waals surface area contributed by atoms with E-state index < -0.39 is 0 Å². The van der Waals surface area contributed by atoms with Gasteiger partial charge < -0.3 is 15.8 Å². The van der Waals surface area contributed by atoms with Gasteiger partial charge in [0, 0.05) is 13.0 Å². The highest BCUT2D eigenvalue weighted by Gasteiger charge is 2.32. The Hall–Kier alpha value is -1.55. The molecule has 1 aromatic carbocycles. The van der Waals surface area contributed by atoms with Crippen LogP contribution >= 0.6 is 0 Å². The number of unbranched alkanes of at least 4 members (excludes halogenated alkanes) is 1. The van der Waals surface area contributed by atoms with Gasteiger partial charge in [0.15, 0.2) is 0 Å². The Bertz CT molecular complexity index is 493. The van der Waals surface area contributed by atoms with E-state index in [4.69, 9.17) is 10.5 Å². The van der Waals surface area contributed by atoms with E-state index in [1.807, 2.05) is 24.3 Å². The lowest BCUT2D eigenvalue weighted by Crippen LogP contribution is -2.38. The third kappa shape index (κ3) is 6.16. The van der Waals surface area contributed by atoms with Crippen LogP contribution in [0.15, 0.2) is 24.3 Å². The largest absolute Gasteiger partial charge is 0.494 e. The lowest BCUT2D eigenvalue weighted by Gasteiger charge is -2.35. The molecule has 134 valence electrons. The second-order valence-corrected chi connectivity index (χ2v) is 7.16. The first-order chi connectivity index (χ1) is 11.6. The molecule has 4 heteroatoms. The molecule has 1 aliphatic rings. The summed E-state index contributed by atoms with van der Waals surface area (Å²) < 4.78 is 5.69. The Morgan fingerprint density at radius 3 is 2.54 bits per heavy atom. The summed E-state index contributed by atoms with van der Waals surface area (Å²) in [7, 11) is 0. The van der Waals surface area contributed by atoms with Gasteiger partial charge in [-0.15, -0.1) is 0 Å². The Morgan fingerprint density at radius 1 is 1.17 bits per heavy atom. The summed E-state index contributed by atoms with van der Waals surface area (Å²) in [5.74, 6) is 1.06. The van der Waals surface area contributed by atoms with Crippen LogP contribution in [0.3, 0.4) is 0 Å². The van der Waals surface area contributed by atoms with E-state index in [0.29, 0.717) is 19.6 Å². The predicted molar refractivity (Wildman–Crippen MR) is 98.1 cm³/mol. The summed E-state index contributed by atoms with van der Waals surface area (Å²) in [6.45, 7) is 4.10. The first-order valence-corrected chi connectivity index (χ1v) is 9.30. The molecule has 0 bridgehead atoms. The highest BCUT2D eigenvalue weighted by Crippen LogP contribution is 2.38. The molecular weight excluding hydrogens is 300 g/mol. The number of rotatable bonds is 9. The van der Waals surface area contributed by atoms with Gasteiger partial charge in [-0.3, -0.25) is 4.79 Å². The normalized spacial score (nSPS) is 16.6. The Morgan fingerprint density at radius 2 is 1.88 bits per heavy atom.